The van der Waals surface area contributed by atoms with E-state index >= 15 is 0 Å². The van der Waals surface area contributed by atoms with Gasteiger partial charge >= 0.3 is 0 Å². The van der Waals surface area contributed by atoms with Gasteiger partial charge in [0, 0.05) is 5.56 Å². The second kappa shape index (κ2) is 4.41. The third-order valence-corrected chi connectivity index (χ3v) is 2.70. The number of benzene rings is 2. The molecule has 2 aromatic carbocycles. The summed E-state index contributed by atoms with van der Waals surface area (Å²) in [7, 11) is 0. The molecular formula is C13H8ClF3. The maximum absolute atomic E-state index is 13.7. The highest BCUT2D eigenvalue weighted by molar-refractivity contribution is 6.31. The molecule has 0 aromatic heterocycles. The van der Waals surface area contributed by atoms with Crippen LogP contribution in [0.2, 0.25) is 5.02 Å². The zero-order valence-electron chi connectivity index (χ0n) is 8.90. The fourth-order valence-corrected chi connectivity index (χ4v) is 1.83. The molecule has 0 radical (unpaired) electrons. The van der Waals surface area contributed by atoms with Crippen molar-refractivity contribution < 1.29 is 13.2 Å². The summed E-state index contributed by atoms with van der Waals surface area (Å²) in [6, 6.07) is 6.36. The molecule has 0 nitrogen and oxygen atoms in total. The fourth-order valence-electron chi connectivity index (χ4n) is 1.65. The van der Waals surface area contributed by atoms with E-state index in [2.05, 4.69) is 0 Å². The smallest absolute Gasteiger partial charge is 0.149 e. The minimum Gasteiger partial charge on any atom is -0.206 e. The summed E-state index contributed by atoms with van der Waals surface area (Å²) < 4.78 is 41.0. The Morgan fingerprint density at radius 3 is 2.18 bits per heavy atom. The molecule has 2 rings (SSSR count). The number of rotatable bonds is 1. The highest BCUT2D eigenvalue weighted by Gasteiger charge is 2.17. The number of hydrogen-bond donors (Lipinski definition) is 0. The highest BCUT2D eigenvalue weighted by Crippen LogP contribution is 2.31. The quantitative estimate of drug-likeness (QED) is 0.692. The van der Waals surface area contributed by atoms with Crippen molar-refractivity contribution in [3.8, 4) is 11.1 Å². The van der Waals surface area contributed by atoms with Crippen molar-refractivity contribution >= 4 is 11.6 Å². The molecule has 0 fully saturated rings. The van der Waals surface area contributed by atoms with E-state index in [4.69, 9.17) is 11.6 Å². The van der Waals surface area contributed by atoms with Crippen LogP contribution in [0.15, 0.2) is 30.3 Å². The van der Waals surface area contributed by atoms with Crippen LogP contribution >= 0.6 is 11.6 Å². The van der Waals surface area contributed by atoms with Crippen molar-refractivity contribution in [3.05, 3.63) is 58.4 Å². The fraction of sp³-hybridized carbons (Fsp3) is 0.0769. The molecule has 4 heteroatoms. The standard InChI is InChI=1S/C13H8ClF3/c1-7-5-10(15)12(11(16)6-7)8-3-2-4-9(14)13(8)17/h2-6H,1H3. The summed E-state index contributed by atoms with van der Waals surface area (Å²) in [6.45, 7) is 1.56. The van der Waals surface area contributed by atoms with Crippen LogP contribution in [-0.4, -0.2) is 0 Å². The average molecular weight is 257 g/mol. The van der Waals surface area contributed by atoms with Gasteiger partial charge in [-0.15, -0.1) is 0 Å². The first-order valence-corrected chi connectivity index (χ1v) is 5.28. The molecule has 0 spiro atoms. The molecule has 0 heterocycles. The number of aryl methyl sites for hydroxylation is 1. The predicted octanol–water partition coefficient (Wildman–Crippen LogP) is 4.73. The van der Waals surface area contributed by atoms with Gasteiger partial charge in [-0.25, -0.2) is 13.2 Å². The van der Waals surface area contributed by atoms with E-state index < -0.39 is 23.0 Å². The molecule has 0 aliphatic carbocycles. The predicted molar refractivity (Wildman–Crippen MR) is 61.5 cm³/mol. The van der Waals surface area contributed by atoms with Crippen molar-refractivity contribution in [2.75, 3.05) is 0 Å². The largest absolute Gasteiger partial charge is 0.206 e. The minimum absolute atomic E-state index is 0.165. The molecule has 17 heavy (non-hydrogen) atoms. The Kier molecular flexibility index (Phi) is 3.11. The van der Waals surface area contributed by atoms with Gasteiger partial charge in [0.2, 0.25) is 0 Å². The Balaban J connectivity index is 2.73. The van der Waals surface area contributed by atoms with Crippen molar-refractivity contribution in [3.63, 3.8) is 0 Å². The van der Waals surface area contributed by atoms with Crippen LogP contribution in [0.4, 0.5) is 13.2 Å². The Morgan fingerprint density at radius 1 is 1.00 bits per heavy atom. The van der Waals surface area contributed by atoms with Crippen molar-refractivity contribution in [1.29, 1.82) is 0 Å². The molecule has 0 aliphatic rings. The van der Waals surface area contributed by atoms with Gasteiger partial charge in [0.1, 0.15) is 17.5 Å². The summed E-state index contributed by atoms with van der Waals surface area (Å²) in [5, 5.41) is -0.165. The van der Waals surface area contributed by atoms with Crippen molar-refractivity contribution in [2.24, 2.45) is 0 Å². The molecule has 0 amide bonds. The van der Waals surface area contributed by atoms with E-state index in [1.165, 1.54) is 18.2 Å². The van der Waals surface area contributed by atoms with Gasteiger partial charge < -0.3 is 0 Å². The first-order valence-electron chi connectivity index (χ1n) is 4.90. The van der Waals surface area contributed by atoms with Gasteiger partial charge in [-0.3, -0.25) is 0 Å². The molecule has 0 saturated carbocycles. The van der Waals surface area contributed by atoms with Crippen molar-refractivity contribution in [1.82, 2.24) is 0 Å². The summed E-state index contributed by atoms with van der Waals surface area (Å²) in [5.74, 6) is -2.43. The summed E-state index contributed by atoms with van der Waals surface area (Å²) in [4.78, 5) is 0. The van der Waals surface area contributed by atoms with Crippen molar-refractivity contribution in [2.45, 2.75) is 6.92 Å². The molecule has 0 saturated heterocycles. The molecule has 0 aliphatic heterocycles. The average Bonchev–Trinajstić information content (AvgIpc) is 2.23. The first-order chi connectivity index (χ1) is 8.00. The van der Waals surface area contributed by atoms with E-state index in [-0.39, 0.29) is 10.6 Å². The van der Waals surface area contributed by atoms with Crippen LogP contribution in [0.3, 0.4) is 0 Å². The van der Waals surface area contributed by atoms with Crippen LogP contribution in [0.25, 0.3) is 11.1 Å². The Bertz CT molecular complexity index is 556. The molecule has 0 bridgehead atoms. The first kappa shape index (κ1) is 12.0. The van der Waals surface area contributed by atoms with Gasteiger partial charge in [0.15, 0.2) is 0 Å². The molecule has 0 unspecified atom stereocenters. The normalized spacial score (nSPS) is 10.6. The third-order valence-electron chi connectivity index (χ3n) is 2.41. The van der Waals surface area contributed by atoms with Crippen LogP contribution in [-0.2, 0) is 0 Å². The second-order valence-electron chi connectivity index (χ2n) is 3.70. The van der Waals surface area contributed by atoms with Crippen LogP contribution < -0.4 is 0 Å². The molecule has 0 N–H and O–H groups in total. The summed E-state index contributed by atoms with van der Waals surface area (Å²) in [5.41, 5.74) is -0.130. The number of hydrogen-bond acceptors (Lipinski definition) is 0. The highest BCUT2D eigenvalue weighted by atomic mass is 35.5. The molecular weight excluding hydrogens is 249 g/mol. The zero-order valence-corrected chi connectivity index (χ0v) is 9.65. The van der Waals surface area contributed by atoms with Gasteiger partial charge in [0.25, 0.3) is 0 Å². The second-order valence-corrected chi connectivity index (χ2v) is 4.11. The van der Waals surface area contributed by atoms with E-state index in [9.17, 15) is 13.2 Å². The SMILES string of the molecule is Cc1cc(F)c(-c2cccc(Cl)c2F)c(F)c1. The van der Waals surface area contributed by atoms with E-state index in [0.29, 0.717) is 5.56 Å². The molecule has 2 aromatic rings. The van der Waals surface area contributed by atoms with Gasteiger partial charge in [-0.2, -0.15) is 0 Å². The maximum atomic E-state index is 13.7. The van der Waals surface area contributed by atoms with E-state index in [0.717, 1.165) is 12.1 Å². The van der Waals surface area contributed by atoms with Crippen LogP contribution in [0.5, 0.6) is 0 Å². The number of halogens is 4. The molecule has 88 valence electrons. The molecule has 0 atom stereocenters. The lowest BCUT2D eigenvalue weighted by Crippen LogP contribution is -1.94. The van der Waals surface area contributed by atoms with Gasteiger partial charge in [-0.05, 0) is 30.7 Å². The van der Waals surface area contributed by atoms with E-state index in [1.54, 1.807) is 6.92 Å². The summed E-state index contributed by atoms with van der Waals surface area (Å²) >= 11 is 5.58. The summed E-state index contributed by atoms with van der Waals surface area (Å²) in [6.07, 6.45) is 0. The lowest BCUT2D eigenvalue weighted by Gasteiger charge is -2.08. The van der Waals surface area contributed by atoms with Gasteiger partial charge in [0.05, 0.1) is 10.6 Å². The van der Waals surface area contributed by atoms with Crippen LogP contribution in [0, 0.1) is 24.4 Å². The van der Waals surface area contributed by atoms with Gasteiger partial charge in [-0.1, -0.05) is 23.7 Å². The van der Waals surface area contributed by atoms with Crippen LogP contribution in [0.1, 0.15) is 5.56 Å². The monoisotopic (exact) mass is 256 g/mol. The van der Waals surface area contributed by atoms with E-state index in [1.807, 2.05) is 0 Å². The minimum atomic E-state index is -0.823. The lowest BCUT2D eigenvalue weighted by molar-refractivity contribution is 0.580. The Hall–Kier alpha value is -1.48. The maximum Gasteiger partial charge on any atom is 0.149 e. The topological polar surface area (TPSA) is 0 Å². The zero-order chi connectivity index (χ0) is 12.6. The lowest BCUT2D eigenvalue weighted by atomic mass is 10.0. The Morgan fingerprint density at radius 2 is 1.59 bits per heavy atom. The Labute approximate surface area is 102 Å². The third kappa shape index (κ3) is 2.15.